The van der Waals surface area contributed by atoms with Gasteiger partial charge >= 0.3 is 0 Å². The summed E-state index contributed by atoms with van der Waals surface area (Å²) in [5.41, 5.74) is 0. The maximum absolute atomic E-state index is 3.67. The van der Waals surface area contributed by atoms with E-state index in [1.165, 1.54) is 45.3 Å². The Bertz CT molecular complexity index is 173. The minimum atomic E-state index is 0.810. The molecule has 1 aliphatic heterocycles. The molecule has 0 bridgehead atoms. The number of rotatable bonds is 4. The average molecular weight is 196 g/mol. The second-order valence-electron chi connectivity index (χ2n) is 4.86. The van der Waals surface area contributed by atoms with Gasteiger partial charge in [-0.25, -0.2) is 0 Å². The lowest BCUT2D eigenvalue weighted by Gasteiger charge is -2.38. The number of nitrogens with one attached hydrogen (secondary N) is 1. The van der Waals surface area contributed by atoms with Crippen LogP contribution >= 0.6 is 0 Å². The van der Waals surface area contributed by atoms with Crippen LogP contribution in [-0.2, 0) is 0 Å². The molecule has 14 heavy (non-hydrogen) atoms. The van der Waals surface area contributed by atoms with Crippen LogP contribution in [0.15, 0.2) is 0 Å². The van der Waals surface area contributed by atoms with Gasteiger partial charge in [-0.05, 0) is 31.6 Å². The van der Waals surface area contributed by atoms with E-state index in [0.717, 1.165) is 18.0 Å². The zero-order valence-corrected chi connectivity index (χ0v) is 9.63. The van der Waals surface area contributed by atoms with E-state index >= 15 is 0 Å². The molecule has 2 rings (SSSR count). The molecule has 1 saturated heterocycles. The van der Waals surface area contributed by atoms with Gasteiger partial charge in [0.25, 0.3) is 0 Å². The minimum Gasteiger partial charge on any atom is -0.311 e. The average Bonchev–Trinajstić information content (AvgIpc) is 3.03. The standard InChI is InChI=1S/C12H24N2/c1-3-11(4-2)14-8-7-13-12(9-14)10-5-6-10/h10-13H,3-9H2,1-2H3. The monoisotopic (exact) mass is 196 g/mol. The maximum Gasteiger partial charge on any atom is 0.0223 e. The highest BCUT2D eigenvalue weighted by Gasteiger charge is 2.34. The highest BCUT2D eigenvalue weighted by molar-refractivity contribution is 4.92. The summed E-state index contributed by atoms with van der Waals surface area (Å²) in [5.74, 6) is 1.01. The summed E-state index contributed by atoms with van der Waals surface area (Å²) >= 11 is 0. The molecule has 0 radical (unpaired) electrons. The smallest absolute Gasteiger partial charge is 0.0223 e. The van der Waals surface area contributed by atoms with Gasteiger partial charge in [-0.2, -0.15) is 0 Å². The van der Waals surface area contributed by atoms with Gasteiger partial charge in [0, 0.05) is 31.7 Å². The number of nitrogens with zero attached hydrogens (tertiary/aromatic N) is 1. The van der Waals surface area contributed by atoms with Gasteiger partial charge in [0.05, 0.1) is 0 Å². The predicted octanol–water partition coefficient (Wildman–Crippen LogP) is 1.86. The molecule has 1 heterocycles. The van der Waals surface area contributed by atoms with Crippen LogP contribution in [0.2, 0.25) is 0 Å². The molecule has 0 spiro atoms. The first-order valence-electron chi connectivity index (χ1n) is 6.32. The van der Waals surface area contributed by atoms with Crippen LogP contribution in [-0.4, -0.2) is 36.6 Å². The topological polar surface area (TPSA) is 15.3 Å². The molecular formula is C12H24N2. The van der Waals surface area contributed by atoms with Crippen molar-refractivity contribution in [3.05, 3.63) is 0 Å². The maximum atomic E-state index is 3.67. The molecule has 1 N–H and O–H groups in total. The minimum absolute atomic E-state index is 0.810. The fourth-order valence-corrected chi connectivity index (χ4v) is 2.75. The lowest BCUT2D eigenvalue weighted by molar-refractivity contribution is 0.129. The fraction of sp³-hybridized carbons (Fsp3) is 1.00. The number of hydrogen-bond acceptors (Lipinski definition) is 2. The normalized spacial score (nSPS) is 29.8. The summed E-state index contributed by atoms with van der Waals surface area (Å²) in [5, 5.41) is 3.67. The van der Waals surface area contributed by atoms with Gasteiger partial charge in [0.1, 0.15) is 0 Å². The molecule has 2 heteroatoms. The molecule has 1 aliphatic carbocycles. The molecule has 1 saturated carbocycles. The second-order valence-corrected chi connectivity index (χ2v) is 4.86. The summed E-state index contributed by atoms with van der Waals surface area (Å²) in [4.78, 5) is 2.71. The Balaban J connectivity index is 1.85. The van der Waals surface area contributed by atoms with E-state index in [0.29, 0.717) is 0 Å². The first-order valence-corrected chi connectivity index (χ1v) is 6.32. The summed E-state index contributed by atoms with van der Waals surface area (Å²) in [6.07, 6.45) is 5.56. The first-order chi connectivity index (χ1) is 6.85. The Kier molecular flexibility index (Phi) is 3.45. The van der Waals surface area contributed by atoms with Gasteiger partial charge < -0.3 is 5.32 Å². The van der Waals surface area contributed by atoms with E-state index in [4.69, 9.17) is 0 Å². The van der Waals surface area contributed by atoms with Gasteiger partial charge in [0.2, 0.25) is 0 Å². The van der Waals surface area contributed by atoms with Gasteiger partial charge in [-0.1, -0.05) is 13.8 Å². The number of piperazine rings is 1. The summed E-state index contributed by atoms with van der Waals surface area (Å²) < 4.78 is 0. The van der Waals surface area contributed by atoms with Crippen LogP contribution in [0.1, 0.15) is 39.5 Å². The third-order valence-corrected chi connectivity index (χ3v) is 3.89. The van der Waals surface area contributed by atoms with Crippen LogP contribution < -0.4 is 5.32 Å². The van der Waals surface area contributed by atoms with E-state index < -0.39 is 0 Å². The van der Waals surface area contributed by atoms with Crippen molar-refractivity contribution in [1.82, 2.24) is 10.2 Å². The van der Waals surface area contributed by atoms with Crippen LogP contribution in [0.3, 0.4) is 0 Å². The van der Waals surface area contributed by atoms with Crippen molar-refractivity contribution in [1.29, 1.82) is 0 Å². The molecule has 1 unspecified atom stereocenters. The largest absolute Gasteiger partial charge is 0.311 e. The van der Waals surface area contributed by atoms with E-state index in [2.05, 4.69) is 24.1 Å². The van der Waals surface area contributed by atoms with Gasteiger partial charge in [-0.15, -0.1) is 0 Å². The summed E-state index contributed by atoms with van der Waals surface area (Å²) in [7, 11) is 0. The predicted molar refractivity (Wildman–Crippen MR) is 60.5 cm³/mol. The van der Waals surface area contributed by atoms with Crippen LogP contribution in [0, 0.1) is 5.92 Å². The zero-order chi connectivity index (χ0) is 9.97. The highest BCUT2D eigenvalue weighted by Crippen LogP contribution is 2.34. The Morgan fingerprint density at radius 2 is 2.00 bits per heavy atom. The summed E-state index contributed by atoms with van der Waals surface area (Å²) in [6, 6.07) is 1.64. The van der Waals surface area contributed by atoms with Crippen molar-refractivity contribution in [3.63, 3.8) is 0 Å². The highest BCUT2D eigenvalue weighted by atomic mass is 15.2. The van der Waals surface area contributed by atoms with E-state index in [1.807, 2.05) is 0 Å². The Morgan fingerprint density at radius 1 is 1.29 bits per heavy atom. The van der Waals surface area contributed by atoms with E-state index in [-0.39, 0.29) is 0 Å². The van der Waals surface area contributed by atoms with Crippen molar-refractivity contribution in [3.8, 4) is 0 Å². The zero-order valence-electron chi connectivity index (χ0n) is 9.63. The van der Waals surface area contributed by atoms with Crippen LogP contribution in [0.25, 0.3) is 0 Å². The molecule has 82 valence electrons. The Hall–Kier alpha value is -0.0800. The fourth-order valence-electron chi connectivity index (χ4n) is 2.75. The molecular weight excluding hydrogens is 172 g/mol. The second kappa shape index (κ2) is 4.63. The molecule has 2 fully saturated rings. The Morgan fingerprint density at radius 3 is 2.57 bits per heavy atom. The quantitative estimate of drug-likeness (QED) is 0.738. The third kappa shape index (κ3) is 2.29. The Labute approximate surface area is 88.1 Å². The summed E-state index contributed by atoms with van der Waals surface area (Å²) in [6.45, 7) is 8.41. The lowest BCUT2D eigenvalue weighted by atomic mass is 10.0. The van der Waals surface area contributed by atoms with Crippen LogP contribution in [0.4, 0.5) is 0 Å². The lowest BCUT2D eigenvalue weighted by Crippen LogP contribution is -2.54. The molecule has 2 nitrogen and oxygen atoms in total. The molecule has 0 aromatic rings. The van der Waals surface area contributed by atoms with Crippen molar-refractivity contribution in [2.24, 2.45) is 5.92 Å². The van der Waals surface area contributed by atoms with Crippen molar-refractivity contribution in [2.45, 2.75) is 51.6 Å². The van der Waals surface area contributed by atoms with E-state index in [1.54, 1.807) is 0 Å². The molecule has 2 aliphatic rings. The van der Waals surface area contributed by atoms with Crippen molar-refractivity contribution in [2.75, 3.05) is 19.6 Å². The van der Waals surface area contributed by atoms with Crippen molar-refractivity contribution >= 4 is 0 Å². The molecule has 0 amide bonds. The van der Waals surface area contributed by atoms with Crippen molar-refractivity contribution < 1.29 is 0 Å². The van der Waals surface area contributed by atoms with Gasteiger partial charge in [0.15, 0.2) is 0 Å². The third-order valence-electron chi connectivity index (χ3n) is 3.89. The van der Waals surface area contributed by atoms with Crippen LogP contribution in [0.5, 0.6) is 0 Å². The molecule has 1 atom stereocenters. The SMILES string of the molecule is CCC(CC)N1CCNC(C2CC2)C1. The first kappa shape index (κ1) is 10.4. The molecule has 0 aromatic heterocycles. The van der Waals surface area contributed by atoms with Gasteiger partial charge in [-0.3, -0.25) is 4.90 Å². The van der Waals surface area contributed by atoms with E-state index in [9.17, 15) is 0 Å². The molecule has 0 aromatic carbocycles. The number of hydrogen-bond donors (Lipinski definition) is 1.